The van der Waals surface area contributed by atoms with Crippen molar-refractivity contribution in [2.75, 3.05) is 0 Å². The van der Waals surface area contributed by atoms with Crippen LogP contribution in [0.3, 0.4) is 0 Å². The van der Waals surface area contributed by atoms with Gasteiger partial charge < -0.3 is 10.4 Å². The van der Waals surface area contributed by atoms with Crippen LogP contribution >= 0.6 is 11.3 Å². The lowest BCUT2D eigenvalue weighted by Gasteiger charge is -2.09. The fourth-order valence-electron chi connectivity index (χ4n) is 2.55. The van der Waals surface area contributed by atoms with Crippen molar-refractivity contribution in [2.45, 2.75) is 32.9 Å². The first kappa shape index (κ1) is 18.2. The predicted molar refractivity (Wildman–Crippen MR) is 103 cm³/mol. The van der Waals surface area contributed by atoms with E-state index in [0.717, 1.165) is 33.1 Å². The molecule has 0 saturated heterocycles. The number of rotatable bonds is 6. The first-order valence-electron chi connectivity index (χ1n) is 8.54. The van der Waals surface area contributed by atoms with E-state index in [1.807, 2.05) is 43.3 Å². The molecule has 0 spiro atoms. The van der Waals surface area contributed by atoms with Crippen molar-refractivity contribution in [3.63, 3.8) is 0 Å². The van der Waals surface area contributed by atoms with Crippen molar-refractivity contribution in [3.05, 3.63) is 69.7 Å². The highest BCUT2D eigenvalue weighted by atomic mass is 32.1. The van der Waals surface area contributed by atoms with Crippen molar-refractivity contribution in [1.29, 1.82) is 0 Å². The minimum atomic E-state index is -0.506. The van der Waals surface area contributed by atoms with E-state index < -0.39 is 6.10 Å². The number of benzene rings is 2. The molecule has 0 bridgehead atoms. The third-order valence-electron chi connectivity index (χ3n) is 4.06. The van der Waals surface area contributed by atoms with Gasteiger partial charge in [-0.05, 0) is 48.2 Å². The molecule has 1 amide bonds. The van der Waals surface area contributed by atoms with Crippen LogP contribution in [0, 0.1) is 0 Å². The van der Waals surface area contributed by atoms with Crippen LogP contribution < -0.4 is 5.32 Å². The number of carbonyl (C=O) groups excluding carboxylic acids is 1. The van der Waals surface area contributed by atoms with E-state index in [1.54, 1.807) is 19.1 Å². The zero-order valence-electron chi connectivity index (χ0n) is 14.8. The Morgan fingerprint density at radius 1 is 1.12 bits per heavy atom. The average molecular weight is 367 g/mol. The maximum atomic E-state index is 12.3. The molecule has 0 saturated carbocycles. The van der Waals surface area contributed by atoms with Crippen molar-refractivity contribution in [1.82, 2.24) is 15.5 Å². The highest BCUT2D eigenvalue weighted by Gasteiger charge is 2.09. The largest absolute Gasteiger partial charge is 0.389 e. The monoisotopic (exact) mass is 367 g/mol. The molecule has 1 unspecified atom stereocenters. The highest BCUT2D eigenvalue weighted by Crippen LogP contribution is 2.23. The van der Waals surface area contributed by atoms with Crippen molar-refractivity contribution < 1.29 is 9.90 Å². The molecular formula is C20H21N3O2S. The second-order valence-electron chi connectivity index (χ2n) is 6.00. The molecule has 26 heavy (non-hydrogen) atoms. The molecule has 5 nitrogen and oxygen atoms in total. The predicted octanol–water partition coefficient (Wildman–Crippen LogP) is 3.75. The molecule has 3 aromatic rings. The molecule has 1 aromatic heterocycles. The van der Waals surface area contributed by atoms with Gasteiger partial charge in [-0.2, -0.15) is 0 Å². The van der Waals surface area contributed by atoms with Crippen molar-refractivity contribution >= 4 is 17.2 Å². The number of aromatic nitrogens is 2. The highest BCUT2D eigenvalue weighted by molar-refractivity contribution is 7.11. The lowest BCUT2D eigenvalue weighted by Crippen LogP contribution is -2.22. The van der Waals surface area contributed by atoms with Crippen LogP contribution in [0.25, 0.3) is 11.1 Å². The SMILES string of the molecule is CCc1nnc(CNC(=O)c2ccc(-c3cccc(C(C)O)c3)cc2)s1. The molecule has 0 aliphatic heterocycles. The number of nitrogens with zero attached hydrogens (tertiary/aromatic N) is 2. The Morgan fingerprint density at radius 2 is 1.85 bits per heavy atom. The lowest BCUT2D eigenvalue weighted by atomic mass is 10.00. The Hall–Kier alpha value is -2.57. The Morgan fingerprint density at radius 3 is 2.50 bits per heavy atom. The van der Waals surface area contributed by atoms with Crippen LogP contribution in [0.1, 0.15) is 45.9 Å². The minimum absolute atomic E-state index is 0.137. The molecule has 2 N–H and O–H groups in total. The van der Waals surface area contributed by atoms with Crippen LogP contribution in [0.4, 0.5) is 0 Å². The van der Waals surface area contributed by atoms with Gasteiger partial charge in [0.15, 0.2) is 0 Å². The molecular weight excluding hydrogens is 346 g/mol. The summed E-state index contributed by atoms with van der Waals surface area (Å²) in [6.45, 7) is 4.16. The minimum Gasteiger partial charge on any atom is -0.389 e. The standard InChI is InChI=1S/C20H21N3O2S/c1-3-18-22-23-19(26-18)12-21-20(25)15-9-7-14(8-10-15)17-6-4-5-16(11-17)13(2)24/h4-11,13,24H,3,12H2,1-2H3,(H,21,25). The maximum absolute atomic E-state index is 12.3. The van der Waals surface area contributed by atoms with Gasteiger partial charge in [-0.3, -0.25) is 4.79 Å². The summed E-state index contributed by atoms with van der Waals surface area (Å²) in [4.78, 5) is 12.3. The van der Waals surface area contributed by atoms with Crippen LogP contribution in [-0.2, 0) is 13.0 Å². The number of amides is 1. The van der Waals surface area contributed by atoms with E-state index in [-0.39, 0.29) is 5.91 Å². The van der Waals surface area contributed by atoms with E-state index in [2.05, 4.69) is 15.5 Å². The fraction of sp³-hybridized carbons (Fsp3) is 0.250. The maximum Gasteiger partial charge on any atom is 0.251 e. The van der Waals surface area contributed by atoms with Gasteiger partial charge in [-0.15, -0.1) is 10.2 Å². The second kappa shape index (κ2) is 8.21. The van der Waals surface area contributed by atoms with Crippen LogP contribution in [-0.4, -0.2) is 21.2 Å². The smallest absolute Gasteiger partial charge is 0.251 e. The zero-order valence-corrected chi connectivity index (χ0v) is 15.6. The number of carbonyl (C=O) groups is 1. The van der Waals surface area contributed by atoms with Gasteiger partial charge in [0.25, 0.3) is 5.91 Å². The van der Waals surface area contributed by atoms with E-state index in [9.17, 15) is 9.90 Å². The summed E-state index contributed by atoms with van der Waals surface area (Å²) in [5.41, 5.74) is 3.48. The number of aryl methyl sites for hydroxylation is 1. The normalized spacial score (nSPS) is 12.0. The number of aliphatic hydroxyl groups excluding tert-OH is 1. The van der Waals surface area contributed by atoms with Crippen molar-refractivity contribution in [2.24, 2.45) is 0 Å². The summed E-state index contributed by atoms with van der Waals surface area (Å²) in [5.74, 6) is -0.137. The third-order valence-corrected chi connectivity index (χ3v) is 5.13. The molecule has 0 aliphatic rings. The molecule has 2 aromatic carbocycles. The zero-order chi connectivity index (χ0) is 18.5. The van der Waals surface area contributed by atoms with Gasteiger partial charge in [0.2, 0.25) is 0 Å². The number of hydrogen-bond donors (Lipinski definition) is 2. The quantitative estimate of drug-likeness (QED) is 0.696. The topological polar surface area (TPSA) is 75.1 Å². The Bertz CT molecular complexity index is 888. The first-order chi connectivity index (χ1) is 12.6. The van der Waals surface area contributed by atoms with Gasteiger partial charge in [-0.25, -0.2) is 0 Å². The van der Waals surface area contributed by atoms with E-state index in [4.69, 9.17) is 0 Å². The van der Waals surface area contributed by atoms with E-state index in [1.165, 1.54) is 11.3 Å². The van der Waals surface area contributed by atoms with Gasteiger partial charge in [0.05, 0.1) is 12.6 Å². The Balaban J connectivity index is 1.66. The molecule has 0 fully saturated rings. The summed E-state index contributed by atoms with van der Waals surface area (Å²) >= 11 is 1.52. The average Bonchev–Trinajstić information content (AvgIpc) is 3.14. The number of nitrogens with one attached hydrogen (secondary N) is 1. The van der Waals surface area contributed by atoms with Crippen LogP contribution in [0.15, 0.2) is 48.5 Å². The molecule has 3 rings (SSSR count). The third kappa shape index (κ3) is 4.33. The molecule has 1 atom stereocenters. The summed E-state index contributed by atoms with van der Waals surface area (Å²) in [6, 6.07) is 15.2. The molecule has 0 radical (unpaired) electrons. The second-order valence-corrected chi connectivity index (χ2v) is 7.15. The lowest BCUT2D eigenvalue weighted by molar-refractivity contribution is 0.0951. The van der Waals surface area contributed by atoms with E-state index in [0.29, 0.717) is 12.1 Å². The van der Waals surface area contributed by atoms with Gasteiger partial charge in [0.1, 0.15) is 10.0 Å². The Labute approximate surface area is 156 Å². The Kier molecular flexibility index (Phi) is 5.75. The summed E-state index contributed by atoms with van der Waals surface area (Å²) in [5, 5.41) is 22.5. The number of hydrogen-bond acceptors (Lipinski definition) is 5. The van der Waals surface area contributed by atoms with Crippen molar-refractivity contribution in [3.8, 4) is 11.1 Å². The van der Waals surface area contributed by atoms with Crippen LogP contribution in [0.2, 0.25) is 0 Å². The molecule has 134 valence electrons. The van der Waals surface area contributed by atoms with Gasteiger partial charge >= 0.3 is 0 Å². The molecule has 0 aliphatic carbocycles. The summed E-state index contributed by atoms with van der Waals surface area (Å²) < 4.78 is 0. The fourth-order valence-corrected chi connectivity index (χ4v) is 3.28. The molecule has 6 heteroatoms. The van der Waals surface area contributed by atoms with Gasteiger partial charge in [-0.1, -0.05) is 48.6 Å². The van der Waals surface area contributed by atoms with Gasteiger partial charge in [0, 0.05) is 5.56 Å². The van der Waals surface area contributed by atoms with E-state index >= 15 is 0 Å². The number of aliphatic hydroxyl groups is 1. The summed E-state index contributed by atoms with van der Waals surface area (Å²) in [7, 11) is 0. The summed E-state index contributed by atoms with van der Waals surface area (Å²) in [6.07, 6.45) is 0.345. The molecule has 1 heterocycles. The van der Waals surface area contributed by atoms with Crippen LogP contribution in [0.5, 0.6) is 0 Å². The first-order valence-corrected chi connectivity index (χ1v) is 9.36.